The van der Waals surface area contributed by atoms with E-state index in [2.05, 4.69) is 55.1 Å². The normalized spacial score (nSPS) is 19.9. The topological polar surface area (TPSA) is 164 Å². The number of aromatic nitrogens is 6. The fourth-order valence-electron chi connectivity index (χ4n) is 5.67. The van der Waals surface area contributed by atoms with Gasteiger partial charge in [-0.05, 0) is 62.6 Å². The number of nitrogens with zero attached hydrogens (tertiary/aromatic N) is 7. The van der Waals surface area contributed by atoms with Gasteiger partial charge in [0.15, 0.2) is 17.5 Å². The number of hydrogen-bond donors (Lipinski definition) is 4. The molecule has 0 saturated carbocycles. The summed E-state index contributed by atoms with van der Waals surface area (Å²) in [4.78, 5) is 34.0. The number of anilines is 3. The Kier molecular flexibility index (Phi) is 7.75. The van der Waals surface area contributed by atoms with Crippen LogP contribution in [-0.2, 0) is 7.05 Å². The van der Waals surface area contributed by atoms with Crippen molar-refractivity contribution in [3.8, 4) is 11.4 Å². The van der Waals surface area contributed by atoms with E-state index in [1.54, 1.807) is 0 Å². The average molecular weight is 575 g/mol. The molecule has 2 atom stereocenters. The number of hydrogen-bond acceptors (Lipinski definition) is 10. The third-order valence-corrected chi connectivity index (χ3v) is 7.42. The molecule has 0 aliphatic carbocycles. The SMILES string of the molecule is Cn1nnn(-c2cc(Nc3ncc(F)c(N[C@@H]4C[C@@H]5CCCN5C(C)(C)C4)n3)c(F)cc2OCCNC(=O)O)c1=O. The smallest absolute Gasteiger partial charge is 0.404 e. The highest BCUT2D eigenvalue weighted by molar-refractivity contribution is 5.64. The highest BCUT2D eigenvalue weighted by Crippen LogP contribution is 2.38. The third kappa shape index (κ3) is 6.06. The van der Waals surface area contributed by atoms with Gasteiger partial charge in [-0.1, -0.05) is 0 Å². The van der Waals surface area contributed by atoms with Crippen LogP contribution in [0.25, 0.3) is 5.69 Å². The van der Waals surface area contributed by atoms with Gasteiger partial charge in [0.1, 0.15) is 18.0 Å². The zero-order valence-corrected chi connectivity index (χ0v) is 22.9. The number of carboxylic acid groups (broad SMARTS) is 1. The molecule has 0 radical (unpaired) electrons. The largest absolute Gasteiger partial charge is 0.489 e. The van der Waals surface area contributed by atoms with Gasteiger partial charge < -0.3 is 25.8 Å². The van der Waals surface area contributed by atoms with Crippen molar-refractivity contribution in [3.05, 3.63) is 40.4 Å². The number of tetrazole rings is 1. The van der Waals surface area contributed by atoms with Gasteiger partial charge >= 0.3 is 11.8 Å². The maximum Gasteiger partial charge on any atom is 0.404 e. The van der Waals surface area contributed by atoms with Crippen molar-refractivity contribution in [2.45, 2.75) is 57.2 Å². The quantitative estimate of drug-likeness (QED) is 0.277. The highest BCUT2D eigenvalue weighted by atomic mass is 19.1. The Morgan fingerprint density at radius 2 is 2.05 bits per heavy atom. The monoisotopic (exact) mass is 574 g/mol. The van der Waals surface area contributed by atoms with E-state index in [4.69, 9.17) is 9.84 Å². The van der Waals surface area contributed by atoms with Crippen molar-refractivity contribution >= 4 is 23.5 Å². The van der Waals surface area contributed by atoms with Gasteiger partial charge in [0.05, 0.1) is 18.4 Å². The molecule has 41 heavy (non-hydrogen) atoms. The number of amides is 1. The highest BCUT2D eigenvalue weighted by Gasteiger charge is 2.43. The van der Waals surface area contributed by atoms with Gasteiger partial charge in [-0.15, -0.1) is 0 Å². The maximum absolute atomic E-state index is 15.2. The van der Waals surface area contributed by atoms with Crippen LogP contribution in [0.4, 0.5) is 31.0 Å². The van der Waals surface area contributed by atoms with Crippen LogP contribution in [0.2, 0.25) is 0 Å². The summed E-state index contributed by atoms with van der Waals surface area (Å²) in [5.41, 5.74) is -0.760. The molecule has 2 saturated heterocycles. The second-order valence-electron chi connectivity index (χ2n) is 10.8. The predicted molar refractivity (Wildman–Crippen MR) is 144 cm³/mol. The Balaban J connectivity index is 1.39. The molecular weight excluding hydrogens is 542 g/mol. The van der Waals surface area contributed by atoms with Crippen molar-refractivity contribution in [1.82, 2.24) is 40.0 Å². The minimum Gasteiger partial charge on any atom is -0.489 e. The number of halogens is 2. The molecule has 5 rings (SSSR count). The molecule has 0 spiro atoms. The summed E-state index contributed by atoms with van der Waals surface area (Å²) < 4.78 is 37.4. The van der Waals surface area contributed by atoms with Crippen molar-refractivity contribution in [2.24, 2.45) is 7.05 Å². The first kappa shape index (κ1) is 28.2. The van der Waals surface area contributed by atoms with Gasteiger partial charge in [-0.25, -0.2) is 23.4 Å². The molecule has 2 aliphatic heterocycles. The van der Waals surface area contributed by atoms with Crippen LogP contribution < -0.4 is 26.4 Å². The molecular formula is C25H32F2N10O4. The van der Waals surface area contributed by atoms with Gasteiger partial charge in [0, 0.05) is 30.7 Å². The van der Waals surface area contributed by atoms with Crippen LogP contribution in [-0.4, -0.2) is 83.2 Å². The minimum absolute atomic E-state index is 0.000480. The van der Waals surface area contributed by atoms with Gasteiger partial charge in [0.25, 0.3) is 0 Å². The first-order valence-electron chi connectivity index (χ1n) is 13.3. The first-order valence-corrected chi connectivity index (χ1v) is 13.3. The number of piperidine rings is 1. The molecule has 1 aromatic carbocycles. The molecule has 14 nitrogen and oxygen atoms in total. The lowest BCUT2D eigenvalue weighted by molar-refractivity contribution is 0.0500. The van der Waals surface area contributed by atoms with E-state index >= 15 is 4.39 Å². The summed E-state index contributed by atoms with van der Waals surface area (Å²) in [6, 6.07) is 2.69. The maximum atomic E-state index is 15.2. The van der Waals surface area contributed by atoms with Crippen LogP contribution in [0, 0.1) is 11.6 Å². The lowest BCUT2D eigenvalue weighted by Crippen LogP contribution is -2.55. The fourth-order valence-corrected chi connectivity index (χ4v) is 5.67. The van der Waals surface area contributed by atoms with Gasteiger partial charge in [-0.3, -0.25) is 4.90 Å². The number of benzene rings is 1. The standard InChI is InChI=1S/C25H32F2N10O4/c1-25(2)12-14(9-15-5-4-7-36(15)25)30-21-17(27)13-29-22(32-21)31-18-11-19(37-24(40)35(3)33-34-37)20(10-16(18)26)41-8-6-28-23(38)39/h10-11,13-15,28H,4-9,12H2,1-3H3,(H,38,39)(H2,29,30,31,32)/t14-,15+/m1/s1. The summed E-state index contributed by atoms with van der Waals surface area (Å²) in [6.07, 6.45) is 3.69. The Labute approximate surface area is 233 Å². The van der Waals surface area contributed by atoms with Crippen molar-refractivity contribution in [2.75, 3.05) is 30.3 Å². The molecule has 4 N–H and O–H groups in total. The fraction of sp³-hybridized carbons (Fsp3) is 0.520. The minimum atomic E-state index is -1.24. The number of nitrogens with one attached hydrogen (secondary N) is 3. The van der Waals surface area contributed by atoms with E-state index in [0.29, 0.717) is 6.04 Å². The summed E-state index contributed by atoms with van der Waals surface area (Å²) in [7, 11) is 1.39. The number of carbonyl (C=O) groups is 1. The third-order valence-electron chi connectivity index (χ3n) is 7.42. The zero-order chi connectivity index (χ0) is 29.3. The molecule has 220 valence electrons. The average Bonchev–Trinajstić information content (AvgIpc) is 3.52. The molecule has 1 amide bonds. The molecule has 2 aliphatic rings. The second kappa shape index (κ2) is 11.3. The summed E-state index contributed by atoms with van der Waals surface area (Å²) in [5.74, 6) is -1.56. The van der Waals surface area contributed by atoms with Crippen LogP contribution in [0.15, 0.2) is 23.1 Å². The number of aryl methyl sites for hydroxylation is 1. The number of fused-ring (bicyclic) bond motifs is 1. The molecule has 16 heteroatoms. The van der Waals surface area contributed by atoms with Crippen molar-refractivity contribution in [1.29, 1.82) is 0 Å². The lowest BCUT2D eigenvalue weighted by Gasteiger charge is -2.47. The zero-order valence-electron chi connectivity index (χ0n) is 22.9. The van der Waals surface area contributed by atoms with Crippen LogP contribution >= 0.6 is 0 Å². The van der Waals surface area contributed by atoms with E-state index in [-0.39, 0.29) is 53.6 Å². The molecule has 2 fully saturated rings. The Bertz CT molecular complexity index is 1490. The molecule has 4 heterocycles. The summed E-state index contributed by atoms with van der Waals surface area (Å²) in [5, 5.41) is 24.3. The molecule has 3 aromatic rings. The first-order chi connectivity index (χ1) is 19.5. The van der Waals surface area contributed by atoms with Gasteiger partial charge in [0.2, 0.25) is 5.95 Å². The number of ether oxygens (including phenoxy) is 1. The van der Waals surface area contributed by atoms with E-state index < -0.39 is 23.4 Å². The van der Waals surface area contributed by atoms with Crippen LogP contribution in [0.5, 0.6) is 5.75 Å². The molecule has 2 aromatic heterocycles. The summed E-state index contributed by atoms with van der Waals surface area (Å²) >= 11 is 0. The van der Waals surface area contributed by atoms with Crippen molar-refractivity contribution in [3.63, 3.8) is 0 Å². The predicted octanol–water partition coefficient (Wildman–Crippen LogP) is 2.24. The number of rotatable bonds is 9. The Hall–Kier alpha value is -4.34. The van der Waals surface area contributed by atoms with E-state index in [0.717, 1.165) is 53.9 Å². The van der Waals surface area contributed by atoms with E-state index in [1.807, 2.05) is 0 Å². The Morgan fingerprint density at radius 1 is 1.24 bits per heavy atom. The van der Waals surface area contributed by atoms with Crippen LogP contribution in [0.1, 0.15) is 39.5 Å². The molecule has 0 unspecified atom stereocenters. The second-order valence-corrected chi connectivity index (χ2v) is 10.8. The van der Waals surface area contributed by atoms with E-state index in [1.165, 1.54) is 13.1 Å². The lowest BCUT2D eigenvalue weighted by atomic mass is 9.84. The Morgan fingerprint density at radius 3 is 2.78 bits per heavy atom. The van der Waals surface area contributed by atoms with Crippen LogP contribution in [0.3, 0.4) is 0 Å². The summed E-state index contributed by atoms with van der Waals surface area (Å²) in [6.45, 7) is 5.23. The van der Waals surface area contributed by atoms with Crippen molar-refractivity contribution < 1.29 is 23.4 Å². The van der Waals surface area contributed by atoms with Gasteiger partial charge in [-0.2, -0.15) is 14.3 Å². The molecule has 0 bridgehead atoms. The van der Waals surface area contributed by atoms with E-state index in [9.17, 15) is 14.0 Å².